The first-order chi connectivity index (χ1) is 18.7. The maximum atomic E-state index is 13.0. The Hall–Kier alpha value is -3.52. The van der Waals surface area contributed by atoms with Gasteiger partial charge in [0.15, 0.2) is 9.84 Å². The van der Waals surface area contributed by atoms with Crippen molar-refractivity contribution in [2.24, 2.45) is 0 Å². The van der Waals surface area contributed by atoms with E-state index in [0.29, 0.717) is 25.9 Å². The summed E-state index contributed by atoms with van der Waals surface area (Å²) in [7, 11) is -2.90. The van der Waals surface area contributed by atoms with Crippen LogP contribution in [-0.4, -0.2) is 60.3 Å². The van der Waals surface area contributed by atoms with E-state index in [4.69, 9.17) is 0 Å². The van der Waals surface area contributed by atoms with Gasteiger partial charge in [-0.3, -0.25) is 4.79 Å². The second-order valence-electron chi connectivity index (χ2n) is 9.94. The number of aromatic hydroxyl groups is 1. The number of nitrogens with one attached hydrogen (secondary N) is 3. The van der Waals surface area contributed by atoms with E-state index >= 15 is 0 Å². The molecular weight excluding hydrogens is 519 g/mol. The quantitative estimate of drug-likeness (QED) is 0.285. The van der Waals surface area contributed by atoms with Crippen molar-refractivity contribution >= 4 is 9.84 Å². The number of hydrogen-bond acceptors (Lipinski definition) is 7. The van der Waals surface area contributed by atoms with E-state index in [2.05, 4.69) is 32.4 Å². The fraction of sp³-hybridized carbons (Fsp3) is 0.379. The predicted molar refractivity (Wildman–Crippen MR) is 149 cm³/mol. The smallest absolute Gasteiger partial charge is 0.293 e. The number of aromatic amines is 1. The van der Waals surface area contributed by atoms with Crippen LogP contribution in [0.4, 0.5) is 4.39 Å². The number of aromatic nitrogens is 2. The second-order valence-corrected chi connectivity index (χ2v) is 12.2. The summed E-state index contributed by atoms with van der Waals surface area (Å²) in [4.78, 5) is 18.2. The van der Waals surface area contributed by atoms with Crippen LogP contribution in [0.3, 0.4) is 0 Å². The van der Waals surface area contributed by atoms with Crippen LogP contribution in [-0.2, 0) is 22.8 Å². The molecule has 206 valence electrons. The molecule has 10 heteroatoms. The average molecular weight is 553 g/mol. The first kappa shape index (κ1) is 28.5. The van der Waals surface area contributed by atoms with Crippen LogP contribution in [0.25, 0.3) is 0 Å². The molecule has 1 fully saturated rings. The molecule has 3 atom stereocenters. The van der Waals surface area contributed by atoms with Gasteiger partial charge in [-0.15, -0.1) is 0 Å². The molecule has 4 rings (SSSR count). The molecule has 0 aliphatic carbocycles. The van der Waals surface area contributed by atoms with E-state index in [1.54, 1.807) is 6.92 Å². The lowest BCUT2D eigenvalue weighted by Gasteiger charge is -2.20. The number of halogens is 1. The number of rotatable bonds is 10. The fourth-order valence-corrected chi connectivity index (χ4v) is 6.13. The van der Waals surface area contributed by atoms with Gasteiger partial charge in [0.25, 0.3) is 5.56 Å². The third-order valence-electron chi connectivity index (χ3n) is 6.80. The van der Waals surface area contributed by atoms with E-state index in [1.165, 1.54) is 6.33 Å². The molecule has 0 bridgehead atoms. The summed E-state index contributed by atoms with van der Waals surface area (Å²) in [6, 6.07) is 15.3. The van der Waals surface area contributed by atoms with Gasteiger partial charge in [0.2, 0.25) is 5.75 Å². The maximum absolute atomic E-state index is 13.0. The molecular formula is C29H33FN4O4S. The first-order valence-corrected chi connectivity index (χ1v) is 14.7. The molecule has 4 N–H and O–H groups in total. The summed E-state index contributed by atoms with van der Waals surface area (Å²) in [5.74, 6) is 6.23. The van der Waals surface area contributed by atoms with E-state index in [1.807, 2.05) is 48.5 Å². The lowest BCUT2D eigenvalue weighted by molar-refractivity contribution is 0.381. The van der Waals surface area contributed by atoms with Crippen molar-refractivity contribution in [3.05, 3.63) is 93.2 Å². The number of H-pyrrole nitrogens is 1. The van der Waals surface area contributed by atoms with Gasteiger partial charge in [-0.05, 0) is 48.7 Å². The first-order valence-electron chi connectivity index (χ1n) is 12.9. The van der Waals surface area contributed by atoms with Crippen molar-refractivity contribution in [3.8, 4) is 17.6 Å². The van der Waals surface area contributed by atoms with Crippen LogP contribution < -0.4 is 16.2 Å². The van der Waals surface area contributed by atoms with Crippen molar-refractivity contribution < 1.29 is 17.9 Å². The third-order valence-corrected chi connectivity index (χ3v) is 8.57. The number of sulfone groups is 1. The predicted octanol–water partition coefficient (Wildman–Crippen LogP) is 2.43. The van der Waals surface area contributed by atoms with Gasteiger partial charge in [-0.25, -0.2) is 17.8 Å². The van der Waals surface area contributed by atoms with E-state index in [9.17, 15) is 22.7 Å². The van der Waals surface area contributed by atoms with Crippen LogP contribution in [0.15, 0.2) is 59.7 Å². The largest absolute Gasteiger partial charge is 0.502 e. The molecule has 0 radical (unpaired) electrons. The topological polar surface area (TPSA) is 124 Å². The second kappa shape index (κ2) is 13.0. The minimum Gasteiger partial charge on any atom is -0.502 e. The number of alkyl halides is 1. The Bertz CT molecular complexity index is 1480. The highest BCUT2D eigenvalue weighted by atomic mass is 32.2. The van der Waals surface area contributed by atoms with Crippen LogP contribution in [0.5, 0.6) is 5.75 Å². The van der Waals surface area contributed by atoms with Gasteiger partial charge < -0.3 is 20.7 Å². The molecule has 1 saturated heterocycles. The molecule has 0 amide bonds. The number of hydrogen-bond donors (Lipinski definition) is 4. The lowest BCUT2D eigenvalue weighted by atomic mass is 9.92. The highest BCUT2D eigenvalue weighted by Gasteiger charge is 2.27. The standard InChI is InChI=1S/C29H33FN4O4S/c1-20(15-30)31-17-25(14-27-28(35)29(36)34-19-33-27)24-10-8-22(9-11-24)3-2-21-4-6-23(7-5-21)16-32-26-12-13-39(37,38)18-26/h4-11,19-20,25-26,31-32,35H,12-18H2,1H3,(H,33,34,36)/t20-,25?,26?/m0/s1. The van der Waals surface area contributed by atoms with Gasteiger partial charge in [0.1, 0.15) is 6.67 Å². The van der Waals surface area contributed by atoms with Crippen LogP contribution >= 0.6 is 0 Å². The van der Waals surface area contributed by atoms with E-state index in [-0.39, 0.29) is 35.2 Å². The molecule has 39 heavy (non-hydrogen) atoms. The van der Waals surface area contributed by atoms with Crippen molar-refractivity contribution in [2.75, 3.05) is 24.7 Å². The van der Waals surface area contributed by atoms with Gasteiger partial charge >= 0.3 is 0 Å². The molecule has 8 nitrogen and oxygen atoms in total. The Balaban J connectivity index is 1.40. The molecule has 1 aromatic heterocycles. The molecule has 1 aliphatic rings. The molecule has 0 spiro atoms. The zero-order valence-electron chi connectivity index (χ0n) is 21.8. The lowest BCUT2D eigenvalue weighted by Crippen LogP contribution is -2.32. The molecule has 2 unspecified atom stereocenters. The van der Waals surface area contributed by atoms with Gasteiger partial charge in [0.05, 0.1) is 23.5 Å². The van der Waals surface area contributed by atoms with Gasteiger partial charge in [-0.1, -0.05) is 36.1 Å². The number of nitrogens with zero attached hydrogens (tertiary/aromatic N) is 1. The minimum atomic E-state index is -2.90. The molecule has 3 aromatic rings. The number of benzene rings is 2. The molecule has 2 heterocycles. The Kier molecular flexibility index (Phi) is 9.51. The van der Waals surface area contributed by atoms with E-state index in [0.717, 1.165) is 22.3 Å². The maximum Gasteiger partial charge on any atom is 0.293 e. The summed E-state index contributed by atoms with van der Waals surface area (Å²) >= 11 is 0. The SMILES string of the molecule is C[C@@H](CF)NCC(Cc1nc[nH]c(=O)c1O)c1ccc(C#Cc2ccc(CNC3CCS(=O)(=O)C3)cc2)cc1. The third kappa shape index (κ3) is 8.23. The Labute approximate surface area is 228 Å². The van der Waals surface area contributed by atoms with Crippen molar-refractivity contribution in [1.82, 2.24) is 20.6 Å². The Morgan fingerprint density at radius 1 is 1.13 bits per heavy atom. The summed E-state index contributed by atoms with van der Waals surface area (Å²) in [5, 5.41) is 16.6. The summed E-state index contributed by atoms with van der Waals surface area (Å²) in [6.07, 6.45) is 2.23. The van der Waals surface area contributed by atoms with Crippen molar-refractivity contribution in [3.63, 3.8) is 0 Å². The fourth-order valence-electron chi connectivity index (χ4n) is 4.43. The van der Waals surface area contributed by atoms with Gasteiger partial charge in [0, 0.05) is 48.6 Å². The normalized spacial score (nSPS) is 17.7. The van der Waals surface area contributed by atoms with Gasteiger partial charge in [-0.2, -0.15) is 0 Å². The summed E-state index contributed by atoms with van der Waals surface area (Å²) in [5.41, 5.74) is 3.40. The Morgan fingerprint density at radius 2 is 1.79 bits per heavy atom. The molecule has 2 aromatic carbocycles. The highest BCUT2D eigenvalue weighted by Crippen LogP contribution is 2.23. The summed E-state index contributed by atoms with van der Waals surface area (Å²) in [6.45, 7) is 2.31. The summed E-state index contributed by atoms with van der Waals surface area (Å²) < 4.78 is 36.2. The van der Waals surface area contributed by atoms with Crippen LogP contribution in [0.1, 0.15) is 47.2 Å². The molecule has 1 aliphatic heterocycles. The monoisotopic (exact) mass is 552 g/mol. The zero-order chi connectivity index (χ0) is 27.8. The van der Waals surface area contributed by atoms with Crippen LogP contribution in [0, 0.1) is 11.8 Å². The molecule has 0 saturated carbocycles. The average Bonchev–Trinajstić information content (AvgIpc) is 3.30. The van der Waals surface area contributed by atoms with Crippen LogP contribution in [0.2, 0.25) is 0 Å². The van der Waals surface area contributed by atoms with E-state index < -0.39 is 27.8 Å². The van der Waals surface area contributed by atoms with Crippen molar-refractivity contribution in [1.29, 1.82) is 0 Å². The van der Waals surface area contributed by atoms with Crippen molar-refractivity contribution in [2.45, 2.75) is 44.3 Å². The Morgan fingerprint density at radius 3 is 2.41 bits per heavy atom. The minimum absolute atomic E-state index is 0.0113. The highest BCUT2D eigenvalue weighted by molar-refractivity contribution is 7.91. The zero-order valence-corrected chi connectivity index (χ0v) is 22.6.